The summed E-state index contributed by atoms with van der Waals surface area (Å²) in [4.78, 5) is 0. The zero-order valence-electron chi connectivity index (χ0n) is 11.5. The van der Waals surface area contributed by atoms with E-state index in [9.17, 15) is 0 Å². The molecule has 0 aliphatic heterocycles. The third kappa shape index (κ3) is 2.73. The van der Waals surface area contributed by atoms with E-state index in [0.29, 0.717) is 0 Å². The first-order chi connectivity index (χ1) is 9.06. The van der Waals surface area contributed by atoms with E-state index in [-0.39, 0.29) is 6.04 Å². The molecule has 1 atom stereocenters. The standard InChI is InChI=1S/C16H19BrN2/c1-10-6-4-7-13(11(10)2)16(19-18)14-8-5-9-15(17)12(14)3/h4-9,16,19H,18H2,1-3H3. The summed E-state index contributed by atoms with van der Waals surface area (Å²) < 4.78 is 1.11. The van der Waals surface area contributed by atoms with E-state index in [1.54, 1.807) is 0 Å². The molecule has 0 fully saturated rings. The van der Waals surface area contributed by atoms with Gasteiger partial charge in [-0.05, 0) is 54.7 Å². The van der Waals surface area contributed by atoms with Gasteiger partial charge in [0.25, 0.3) is 0 Å². The van der Waals surface area contributed by atoms with Crippen molar-refractivity contribution in [1.82, 2.24) is 5.43 Å². The Morgan fingerprint density at radius 2 is 1.53 bits per heavy atom. The van der Waals surface area contributed by atoms with Gasteiger partial charge in [-0.25, -0.2) is 5.43 Å². The summed E-state index contributed by atoms with van der Waals surface area (Å²) in [6.45, 7) is 6.37. The summed E-state index contributed by atoms with van der Waals surface area (Å²) in [5.74, 6) is 5.81. The summed E-state index contributed by atoms with van der Waals surface area (Å²) in [6, 6.07) is 12.6. The number of aryl methyl sites for hydroxylation is 1. The Balaban J connectivity index is 2.57. The molecule has 0 bridgehead atoms. The molecule has 2 rings (SSSR count). The molecule has 0 radical (unpaired) electrons. The molecular weight excluding hydrogens is 300 g/mol. The maximum absolute atomic E-state index is 5.81. The molecule has 0 saturated heterocycles. The number of rotatable bonds is 3. The fourth-order valence-corrected chi connectivity index (χ4v) is 2.75. The first kappa shape index (κ1) is 14.3. The number of nitrogens with one attached hydrogen (secondary N) is 1. The molecule has 2 aromatic carbocycles. The lowest BCUT2D eigenvalue weighted by molar-refractivity contribution is 0.629. The smallest absolute Gasteiger partial charge is 0.0715 e. The molecule has 0 aromatic heterocycles. The average Bonchev–Trinajstić information content (AvgIpc) is 2.40. The van der Waals surface area contributed by atoms with E-state index in [1.807, 2.05) is 6.07 Å². The minimum atomic E-state index is 0.0115. The second-order valence-electron chi connectivity index (χ2n) is 4.84. The van der Waals surface area contributed by atoms with Crippen LogP contribution in [-0.4, -0.2) is 0 Å². The third-order valence-corrected chi connectivity index (χ3v) is 4.60. The molecular formula is C16H19BrN2. The van der Waals surface area contributed by atoms with Gasteiger partial charge in [-0.3, -0.25) is 5.84 Å². The van der Waals surface area contributed by atoms with Crippen LogP contribution in [0.3, 0.4) is 0 Å². The van der Waals surface area contributed by atoms with Gasteiger partial charge in [0.05, 0.1) is 6.04 Å². The lowest BCUT2D eigenvalue weighted by Crippen LogP contribution is -2.30. The van der Waals surface area contributed by atoms with Gasteiger partial charge in [0.15, 0.2) is 0 Å². The van der Waals surface area contributed by atoms with Crippen molar-refractivity contribution in [1.29, 1.82) is 0 Å². The van der Waals surface area contributed by atoms with Crippen molar-refractivity contribution >= 4 is 15.9 Å². The Kier molecular flexibility index (Phi) is 4.40. The molecule has 0 saturated carbocycles. The summed E-state index contributed by atoms with van der Waals surface area (Å²) >= 11 is 3.58. The first-order valence-electron chi connectivity index (χ1n) is 6.33. The van der Waals surface area contributed by atoms with Gasteiger partial charge in [0.1, 0.15) is 0 Å². The maximum Gasteiger partial charge on any atom is 0.0715 e. The number of halogens is 1. The summed E-state index contributed by atoms with van der Waals surface area (Å²) in [6.07, 6.45) is 0. The van der Waals surface area contributed by atoms with E-state index in [4.69, 9.17) is 5.84 Å². The van der Waals surface area contributed by atoms with Gasteiger partial charge in [-0.15, -0.1) is 0 Å². The van der Waals surface area contributed by atoms with Crippen molar-refractivity contribution in [3.63, 3.8) is 0 Å². The third-order valence-electron chi connectivity index (χ3n) is 3.74. The van der Waals surface area contributed by atoms with Gasteiger partial charge in [0, 0.05) is 4.47 Å². The number of benzene rings is 2. The van der Waals surface area contributed by atoms with E-state index in [2.05, 4.69) is 72.5 Å². The Morgan fingerprint density at radius 1 is 0.947 bits per heavy atom. The molecule has 1 unspecified atom stereocenters. The van der Waals surface area contributed by atoms with Gasteiger partial charge >= 0.3 is 0 Å². The molecule has 19 heavy (non-hydrogen) atoms. The van der Waals surface area contributed by atoms with Crippen molar-refractivity contribution in [3.05, 3.63) is 68.7 Å². The van der Waals surface area contributed by atoms with E-state index >= 15 is 0 Å². The highest BCUT2D eigenvalue weighted by Crippen LogP contribution is 2.30. The quantitative estimate of drug-likeness (QED) is 0.664. The fourth-order valence-electron chi connectivity index (χ4n) is 2.37. The van der Waals surface area contributed by atoms with Crippen LogP contribution in [0.5, 0.6) is 0 Å². The number of hydrazine groups is 1. The molecule has 100 valence electrons. The highest BCUT2D eigenvalue weighted by molar-refractivity contribution is 9.10. The van der Waals surface area contributed by atoms with Crippen molar-refractivity contribution in [2.24, 2.45) is 5.84 Å². The monoisotopic (exact) mass is 318 g/mol. The van der Waals surface area contributed by atoms with E-state index in [1.165, 1.54) is 27.8 Å². The van der Waals surface area contributed by atoms with E-state index in [0.717, 1.165) is 4.47 Å². The zero-order valence-corrected chi connectivity index (χ0v) is 13.1. The Labute approximate surface area is 123 Å². The summed E-state index contributed by atoms with van der Waals surface area (Å²) in [7, 11) is 0. The number of hydrogen-bond acceptors (Lipinski definition) is 2. The van der Waals surface area contributed by atoms with E-state index < -0.39 is 0 Å². The minimum absolute atomic E-state index is 0.0115. The van der Waals surface area contributed by atoms with Gasteiger partial charge in [-0.1, -0.05) is 46.3 Å². The second kappa shape index (κ2) is 5.87. The molecule has 0 aliphatic carbocycles. The maximum atomic E-state index is 5.81. The van der Waals surface area contributed by atoms with Crippen LogP contribution in [0.4, 0.5) is 0 Å². The molecule has 0 heterocycles. The number of hydrogen-bond donors (Lipinski definition) is 2. The molecule has 3 N–H and O–H groups in total. The fraction of sp³-hybridized carbons (Fsp3) is 0.250. The van der Waals surface area contributed by atoms with Gasteiger partial charge in [0.2, 0.25) is 0 Å². The van der Waals surface area contributed by atoms with Crippen LogP contribution < -0.4 is 11.3 Å². The van der Waals surface area contributed by atoms with Crippen LogP contribution in [0.25, 0.3) is 0 Å². The zero-order chi connectivity index (χ0) is 14.0. The minimum Gasteiger partial charge on any atom is -0.271 e. The predicted octanol–water partition coefficient (Wildman–Crippen LogP) is 3.93. The predicted molar refractivity (Wildman–Crippen MR) is 84.0 cm³/mol. The second-order valence-corrected chi connectivity index (χ2v) is 5.70. The van der Waals surface area contributed by atoms with Crippen LogP contribution in [0.15, 0.2) is 40.9 Å². The van der Waals surface area contributed by atoms with Crippen LogP contribution in [0.2, 0.25) is 0 Å². The lowest BCUT2D eigenvalue weighted by atomic mass is 9.91. The average molecular weight is 319 g/mol. The Morgan fingerprint density at radius 3 is 2.16 bits per heavy atom. The topological polar surface area (TPSA) is 38.0 Å². The van der Waals surface area contributed by atoms with Gasteiger partial charge < -0.3 is 0 Å². The number of nitrogens with two attached hydrogens (primary N) is 1. The lowest BCUT2D eigenvalue weighted by Gasteiger charge is -2.22. The van der Waals surface area contributed by atoms with Crippen LogP contribution in [0.1, 0.15) is 33.9 Å². The van der Waals surface area contributed by atoms with Crippen molar-refractivity contribution in [2.45, 2.75) is 26.8 Å². The normalized spacial score (nSPS) is 12.5. The Bertz CT molecular complexity index is 542. The van der Waals surface area contributed by atoms with Crippen molar-refractivity contribution < 1.29 is 0 Å². The highest BCUT2D eigenvalue weighted by atomic mass is 79.9. The first-order valence-corrected chi connectivity index (χ1v) is 7.12. The molecule has 3 heteroatoms. The molecule has 0 spiro atoms. The van der Waals surface area contributed by atoms with Crippen molar-refractivity contribution in [2.75, 3.05) is 0 Å². The molecule has 2 aromatic rings. The van der Waals surface area contributed by atoms with Crippen LogP contribution in [0, 0.1) is 20.8 Å². The summed E-state index contributed by atoms with van der Waals surface area (Å²) in [5.41, 5.74) is 9.15. The van der Waals surface area contributed by atoms with Crippen LogP contribution in [-0.2, 0) is 0 Å². The largest absolute Gasteiger partial charge is 0.271 e. The summed E-state index contributed by atoms with van der Waals surface area (Å²) in [5, 5.41) is 0. The molecule has 0 amide bonds. The molecule has 0 aliphatic rings. The SMILES string of the molecule is Cc1cccc(C(NN)c2cccc(Br)c2C)c1C. The highest BCUT2D eigenvalue weighted by Gasteiger charge is 2.17. The van der Waals surface area contributed by atoms with Crippen LogP contribution >= 0.6 is 15.9 Å². The Hall–Kier alpha value is -1.16. The van der Waals surface area contributed by atoms with Crippen molar-refractivity contribution in [3.8, 4) is 0 Å². The molecule has 2 nitrogen and oxygen atoms in total. The van der Waals surface area contributed by atoms with Gasteiger partial charge in [-0.2, -0.15) is 0 Å².